The molecule has 1 atom stereocenters. The molecule has 1 saturated carbocycles. The Kier molecular flexibility index (Phi) is 6.62. The van der Waals surface area contributed by atoms with E-state index in [1.54, 1.807) is 23.3 Å². The second-order valence-electron chi connectivity index (χ2n) is 8.54. The topological polar surface area (TPSA) is 149 Å². The van der Waals surface area contributed by atoms with Gasteiger partial charge in [-0.3, -0.25) is 14.3 Å². The zero-order chi connectivity index (χ0) is 24.2. The first-order valence-electron chi connectivity index (χ1n) is 11.8. The molecule has 2 aliphatic rings. The molecule has 3 aromatic rings. The van der Waals surface area contributed by atoms with Gasteiger partial charge in [-0.15, -0.1) is 0 Å². The van der Waals surface area contributed by atoms with Gasteiger partial charge >= 0.3 is 0 Å². The number of nitrogens with one attached hydrogen (secondary N) is 3. The highest BCUT2D eigenvalue weighted by atomic mass is 16.5. The molecule has 182 valence electrons. The first kappa shape index (κ1) is 22.8. The molecule has 5 rings (SSSR count). The van der Waals surface area contributed by atoms with E-state index in [4.69, 9.17) is 4.74 Å². The Bertz CT molecular complexity index is 1200. The van der Waals surface area contributed by atoms with Crippen LogP contribution >= 0.6 is 0 Å². The minimum absolute atomic E-state index is 0.00558. The summed E-state index contributed by atoms with van der Waals surface area (Å²) in [5, 5.41) is 13.0. The first-order chi connectivity index (χ1) is 17.1. The largest absolute Gasteiger partial charge is 0.376 e. The SMILES string of the molecule is CCn1ncc(NC(=O)c2nc(C3CC3)cnc2Nc2cncnc2)c1C(=O)NCC1CCCO1. The highest BCUT2D eigenvalue weighted by Crippen LogP contribution is 2.39. The summed E-state index contributed by atoms with van der Waals surface area (Å²) in [6.07, 6.45) is 11.7. The van der Waals surface area contributed by atoms with E-state index in [-0.39, 0.29) is 29.2 Å². The average molecular weight is 478 g/mol. The van der Waals surface area contributed by atoms with E-state index in [0.29, 0.717) is 37.0 Å². The molecule has 3 N–H and O–H groups in total. The van der Waals surface area contributed by atoms with Crippen molar-refractivity contribution < 1.29 is 14.3 Å². The fraction of sp³-hybridized carbons (Fsp3) is 0.435. The maximum Gasteiger partial charge on any atom is 0.278 e. The highest BCUT2D eigenvalue weighted by molar-refractivity contribution is 6.09. The maximum atomic E-state index is 13.4. The summed E-state index contributed by atoms with van der Waals surface area (Å²) >= 11 is 0. The molecule has 35 heavy (non-hydrogen) atoms. The summed E-state index contributed by atoms with van der Waals surface area (Å²) in [5.74, 6) is -0.241. The number of rotatable bonds is 9. The molecule has 3 aromatic heterocycles. The van der Waals surface area contributed by atoms with E-state index in [0.717, 1.165) is 31.4 Å². The minimum atomic E-state index is -0.497. The fourth-order valence-corrected chi connectivity index (χ4v) is 3.96. The molecule has 0 aromatic carbocycles. The van der Waals surface area contributed by atoms with Crippen molar-refractivity contribution in [2.24, 2.45) is 0 Å². The van der Waals surface area contributed by atoms with E-state index in [1.165, 1.54) is 12.5 Å². The van der Waals surface area contributed by atoms with Crippen LogP contribution in [-0.4, -0.2) is 60.8 Å². The summed E-state index contributed by atoms with van der Waals surface area (Å²) in [7, 11) is 0. The van der Waals surface area contributed by atoms with Crippen molar-refractivity contribution in [3.05, 3.63) is 48.2 Å². The number of aryl methyl sites for hydroxylation is 1. The summed E-state index contributed by atoms with van der Waals surface area (Å²) < 4.78 is 7.14. The minimum Gasteiger partial charge on any atom is -0.376 e. The van der Waals surface area contributed by atoms with E-state index in [2.05, 4.69) is 41.0 Å². The van der Waals surface area contributed by atoms with Gasteiger partial charge in [0.2, 0.25) is 0 Å². The van der Waals surface area contributed by atoms with Gasteiger partial charge in [0.05, 0.1) is 48.0 Å². The Labute approximate surface area is 201 Å². The molecule has 1 aliphatic heterocycles. The smallest absolute Gasteiger partial charge is 0.278 e. The monoisotopic (exact) mass is 477 g/mol. The number of nitrogens with zero attached hydrogens (tertiary/aromatic N) is 6. The second kappa shape index (κ2) is 10.1. The van der Waals surface area contributed by atoms with Crippen molar-refractivity contribution in [2.45, 2.75) is 51.2 Å². The number of ether oxygens (including phenoxy) is 1. The summed E-state index contributed by atoms with van der Waals surface area (Å²) in [6, 6.07) is 0. The van der Waals surface area contributed by atoms with Crippen molar-refractivity contribution >= 4 is 29.0 Å². The van der Waals surface area contributed by atoms with Crippen LogP contribution in [0.25, 0.3) is 0 Å². The van der Waals surface area contributed by atoms with Crippen LogP contribution in [0, 0.1) is 0 Å². The van der Waals surface area contributed by atoms with E-state index in [9.17, 15) is 9.59 Å². The number of anilines is 3. The van der Waals surface area contributed by atoms with Crippen LogP contribution in [0.2, 0.25) is 0 Å². The lowest BCUT2D eigenvalue weighted by Crippen LogP contribution is -2.33. The summed E-state index contributed by atoms with van der Waals surface area (Å²) in [5.41, 5.74) is 2.03. The van der Waals surface area contributed by atoms with Gasteiger partial charge in [-0.1, -0.05) is 0 Å². The molecule has 0 bridgehead atoms. The standard InChI is InChI=1S/C23H27N9O3/c1-2-32-20(23(34)27-10-16-4-3-7-35-16)18(12-28-32)31-22(33)19-21(29-15-8-24-13-25-9-15)26-11-17(30-19)14-5-6-14/h8-9,11-14,16H,2-7,10H2,1H3,(H,26,29)(H,27,34)(H,31,33). The second-order valence-corrected chi connectivity index (χ2v) is 8.54. The van der Waals surface area contributed by atoms with Gasteiger partial charge in [0.25, 0.3) is 11.8 Å². The molecule has 12 heteroatoms. The van der Waals surface area contributed by atoms with Gasteiger partial charge in [0, 0.05) is 25.6 Å². The van der Waals surface area contributed by atoms with E-state index in [1.807, 2.05) is 6.92 Å². The Balaban J connectivity index is 1.38. The Morgan fingerprint density at radius 1 is 1.11 bits per heavy atom. The lowest BCUT2D eigenvalue weighted by Gasteiger charge is -2.14. The van der Waals surface area contributed by atoms with Crippen LogP contribution in [0.3, 0.4) is 0 Å². The normalized spacial score (nSPS) is 17.2. The lowest BCUT2D eigenvalue weighted by atomic mass is 10.2. The Morgan fingerprint density at radius 3 is 2.66 bits per heavy atom. The third-order valence-corrected chi connectivity index (χ3v) is 5.94. The van der Waals surface area contributed by atoms with Crippen LogP contribution in [0.1, 0.15) is 65.2 Å². The van der Waals surface area contributed by atoms with Crippen LogP contribution in [0.15, 0.2) is 31.1 Å². The van der Waals surface area contributed by atoms with Crippen LogP contribution in [0.4, 0.5) is 17.2 Å². The zero-order valence-corrected chi connectivity index (χ0v) is 19.4. The van der Waals surface area contributed by atoms with Gasteiger partial charge in [0.1, 0.15) is 12.0 Å². The molecule has 0 spiro atoms. The molecule has 2 amide bonds. The molecule has 1 unspecified atom stereocenters. The van der Waals surface area contributed by atoms with Crippen LogP contribution in [0.5, 0.6) is 0 Å². The van der Waals surface area contributed by atoms with Gasteiger partial charge in [-0.2, -0.15) is 5.10 Å². The van der Waals surface area contributed by atoms with Gasteiger partial charge in [0.15, 0.2) is 11.5 Å². The van der Waals surface area contributed by atoms with Crippen molar-refractivity contribution in [3.8, 4) is 0 Å². The Hall–Kier alpha value is -3.93. The summed E-state index contributed by atoms with van der Waals surface area (Å²) in [4.78, 5) is 43.4. The number of amides is 2. The number of carbonyl (C=O) groups is 2. The predicted octanol–water partition coefficient (Wildman–Crippen LogP) is 2.27. The maximum absolute atomic E-state index is 13.4. The molecule has 2 fully saturated rings. The van der Waals surface area contributed by atoms with Crippen molar-refractivity contribution in [1.29, 1.82) is 0 Å². The zero-order valence-electron chi connectivity index (χ0n) is 19.4. The van der Waals surface area contributed by atoms with Gasteiger partial charge < -0.3 is 20.7 Å². The third-order valence-electron chi connectivity index (χ3n) is 5.94. The number of hydrogen-bond acceptors (Lipinski definition) is 9. The van der Waals surface area contributed by atoms with Crippen molar-refractivity contribution in [3.63, 3.8) is 0 Å². The average Bonchev–Trinajstić information content (AvgIpc) is 3.44. The highest BCUT2D eigenvalue weighted by Gasteiger charge is 2.29. The number of hydrogen-bond donors (Lipinski definition) is 3. The number of carbonyl (C=O) groups excluding carboxylic acids is 2. The molecule has 4 heterocycles. The van der Waals surface area contributed by atoms with Crippen LogP contribution in [-0.2, 0) is 11.3 Å². The quantitative estimate of drug-likeness (QED) is 0.422. The molecule has 0 radical (unpaired) electrons. The number of aromatic nitrogens is 6. The van der Waals surface area contributed by atoms with Crippen molar-refractivity contribution in [2.75, 3.05) is 23.8 Å². The van der Waals surface area contributed by atoms with Crippen molar-refractivity contribution in [1.82, 2.24) is 35.0 Å². The van der Waals surface area contributed by atoms with E-state index >= 15 is 0 Å². The summed E-state index contributed by atoms with van der Waals surface area (Å²) in [6.45, 7) is 3.46. The molecular formula is C23H27N9O3. The van der Waals surface area contributed by atoms with E-state index < -0.39 is 5.91 Å². The van der Waals surface area contributed by atoms with Crippen LogP contribution < -0.4 is 16.0 Å². The van der Waals surface area contributed by atoms with Gasteiger partial charge in [-0.25, -0.2) is 19.9 Å². The fourth-order valence-electron chi connectivity index (χ4n) is 3.96. The lowest BCUT2D eigenvalue weighted by molar-refractivity contribution is 0.0850. The molecule has 12 nitrogen and oxygen atoms in total. The van der Waals surface area contributed by atoms with Gasteiger partial charge in [-0.05, 0) is 32.6 Å². The predicted molar refractivity (Wildman–Crippen MR) is 126 cm³/mol. The first-order valence-corrected chi connectivity index (χ1v) is 11.8. The Morgan fingerprint density at radius 2 is 1.94 bits per heavy atom. The molecular weight excluding hydrogens is 450 g/mol. The third kappa shape index (κ3) is 5.27. The molecule has 1 saturated heterocycles. The molecule has 1 aliphatic carbocycles.